The highest BCUT2D eigenvalue weighted by atomic mass is 35.5. The molecule has 1 aromatic heterocycles. The molecule has 5 nitrogen and oxygen atoms in total. The normalized spacial score (nSPS) is 14.9. The Morgan fingerprint density at radius 3 is 2.13 bits per heavy atom. The van der Waals surface area contributed by atoms with Crippen LogP contribution in [-0.2, 0) is 0 Å². The van der Waals surface area contributed by atoms with Gasteiger partial charge in [-0.3, -0.25) is 9.59 Å². The van der Waals surface area contributed by atoms with E-state index in [-0.39, 0.29) is 11.8 Å². The van der Waals surface area contributed by atoms with E-state index >= 15 is 0 Å². The fraction of sp³-hybridized carbons (Fsp3) is 0.294. The first-order chi connectivity index (χ1) is 11.1. The molecule has 0 N–H and O–H groups in total. The highest BCUT2D eigenvalue weighted by Crippen LogP contribution is 2.19. The summed E-state index contributed by atoms with van der Waals surface area (Å²) < 4.78 is 5.37. The molecule has 6 heteroatoms. The molecular formula is C17H17ClN2O3. The van der Waals surface area contributed by atoms with E-state index in [4.69, 9.17) is 16.0 Å². The molecule has 0 spiro atoms. The Morgan fingerprint density at radius 2 is 1.57 bits per heavy atom. The maximum atomic E-state index is 12.5. The molecule has 0 unspecified atom stereocenters. The summed E-state index contributed by atoms with van der Waals surface area (Å²) in [6.45, 7) is 3.73. The SMILES string of the molecule is Cc1ccc(C(=O)N2CCN(C(=O)c3ccccc3Cl)CC2)o1. The zero-order chi connectivity index (χ0) is 16.4. The largest absolute Gasteiger partial charge is 0.456 e. The summed E-state index contributed by atoms with van der Waals surface area (Å²) in [5.74, 6) is 0.814. The second kappa shape index (κ2) is 6.46. The van der Waals surface area contributed by atoms with Gasteiger partial charge in [0.1, 0.15) is 5.76 Å². The van der Waals surface area contributed by atoms with E-state index in [1.165, 1.54) is 0 Å². The molecule has 0 atom stereocenters. The van der Waals surface area contributed by atoms with E-state index in [0.717, 1.165) is 0 Å². The molecule has 1 fully saturated rings. The highest BCUT2D eigenvalue weighted by Gasteiger charge is 2.27. The molecule has 2 heterocycles. The van der Waals surface area contributed by atoms with Crippen molar-refractivity contribution < 1.29 is 14.0 Å². The topological polar surface area (TPSA) is 53.8 Å². The Balaban J connectivity index is 1.63. The highest BCUT2D eigenvalue weighted by molar-refractivity contribution is 6.33. The molecule has 23 heavy (non-hydrogen) atoms. The van der Waals surface area contributed by atoms with Gasteiger partial charge in [-0.05, 0) is 31.2 Å². The van der Waals surface area contributed by atoms with Gasteiger partial charge in [-0.15, -0.1) is 0 Å². The van der Waals surface area contributed by atoms with Crippen molar-refractivity contribution in [3.8, 4) is 0 Å². The van der Waals surface area contributed by atoms with Crippen molar-refractivity contribution in [2.24, 2.45) is 0 Å². The molecule has 1 aromatic carbocycles. The minimum absolute atomic E-state index is 0.100. The molecular weight excluding hydrogens is 316 g/mol. The number of furan rings is 1. The summed E-state index contributed by atoms with van der Waals surface area (Å²) in [5.41, 5.74) is 0.496. The number of carbonyl (C=O) groups excluding carboxylic acids is 2. The van der Waals surface area contributed by atoms with Crippen LogP contribution in [-0.4, -0.2) is 47.8 Å². The minimum atomic E-state index is -0.136. The monoisotopic (exact) mass is 332 g/mol. The van der Waals surface area contributed by atoms with E-state index in [0.29, 0.717) is 48.3 Å². The van der Waals surface area contributed by atoms with Gasteiger partial charge in [0.2, 0.25) is 0 Å². The van der Waals surface area contributed by atoms with Gasteiger partial charge in [-0.2, -0.15) is 0 Å². The molecule has 0 aliphatic carbocycles. The number of carbonyl (C=O) groups is 2. The van der Waals surface area contributed by atoms with E-state index in [1.54, 1.807) is 53.1 Å². The molecule has 1 aliphatic heterocycles. The Hall–Kier alpha value is -2.27. The lowest BCUT2D eigenvalue weighted by Gasteiger charge is -2.34. The lowest BCUT2D eigenvalue weighted by molar-refractivity contribution is 0.0517. The third kappa shape index (κ3) is 3.24. The summed E-state index contributed by atoms with van der Waals surface area (Å²) in [4.78, 5) is 28.2. The zero-order valence-corrected chi connectivity index (χ0v) is 13.5. The first-order valence-electron chi connectivity index (χ1n) is 7.46. The Bertz CT molecular complexity index is 733. The summed E-state index contributed by atoms with van der Waals surface area (Å²) >= 11 is 6.08. The van der Waals surface area contributed by atoms with Crippen molar-refractivity contribution in [3.63, 3.8) is 0 Å². The number of piperazine rings is 1. The number of nitrogens with zero attached hydrogens (tertiary/aromatic N) is 2. The van der Waals surface area contributed by atoms with Gasteiger partial charge in [-0.25, -0.2) is 0 Å². The van der Waals surface area contributed by atoms with Gasteiger partial charge in [0.25, 0.3) is 11.8 Å². The van der Waals surface area contributed by atoms with Gasteiger partial charge in [-0.1, -0.05) is 23.7 Å². The summed E-state index contributed by atoms with van der Waals surface area (Å²) in [6.07, 6.45) is 0. The van der Waals surface area contributed by atoms with Crippen LogP contribution in [0.15, 0.2) is 40.8 Å². The zero-order valence-electron chi connectivity index (χ0n) is 12.8. The van der Waals surface area contributed by atoms with Crippen molar-refractivity contribution in [2.75, 3.05) is 26.2 Å². The Kier molecular flexibility index (Phi) is 4.39. The molecule has 0 radical (unpaired) electrons. The third-order valence-corrected chi connectivity index (χ3v) is 4.24. The smallest absolute Gasteiger partial charge is 0.289 e. The lowest BCUT2D eigenvalue weighted by atomic mass is 10.1. The van der Waals surface area contributed by atoms with Crippen molar-refractivity contribution in [1.29, 1.82) is 0 Å². The lowest BCUT2D eigenvalue weighted by Crippen LogP contribution is -2.50. The number of amides is 2. The standard InChI is InChI=1S/C17H17ClN2O3/c1-12-6-7-15(23-12)17(22)20-10-8-19(9-11-20)16(21)13-4-2-3-5-14(13)18/h2-7H,8-11H2,1H3. The molecule has 3 rings (SSSR count). The van der Waals surface area contributed by atoms with Crippen LogP contribution in [0.1, 0.15) is 26.7 Å². The second-order valence-electron chi connectivity index (χ2n) is 5.47. The maximum Gasteiger partial charge on any atom is 0.289 e. The molecule has 0 saturated carbocycles. The number of benzene rings is 1. The number of hydrogen-bond donors (Lipinski definition) is 0. The van der Waals surface area contributed by atoms with Crippen LogP contribution < -0.4 is 0 Å². The average Bonchev–Trinajstić information content (AvgIpc) is 3.01. The van der Waals surface area contributed by atoms with Gasteiger partial charge in [0, 0.05) is 26.2 Å². The van der Waals surface area contributed by atoms with E-state index < -0.39 is 0 Å². The average molecular weight is 333 g/mol. The Morgan fingerprint density at radius 1 is 0.957 bits per heavy atom. The maximum absolute atomic E-state index is 12.5. The molecule has 2 amide bonds. The molecule has 1 saturated heterocycles. The molecule has 0 bridgehead atoms. The van der Waals surface area contributed by atoms with Crippen LogP contribution in [0.3, 0.4) is 0 Å². The van der Waals surface area contributed by atoms with Gasteiger partial charge in [0.15, 0.2) is 5.76 Å². The number of hydrogen-bond acceptors (Lipinski definition) is 3. The van der Waals surface area contributed by atoms with Crippen LogP contribution in [0, 0.1) is 6.92 Å². The first kappa shape index (κ1) is 15.6. The van der Waals surface area contributed by atoms with Crippen molar-refractivity contribution >= 4 is 23.4 Å². The molecule has 120 valence electrons. The predicted molar refractivity (Wildman–Crippen MR) is 86.7 cm³/mol. The molecule has 1 aliphatic rings. The van der Waals surface area contributed by atoms with Gasteiger partial charge < -0.3 is 14.2 Å². The summed E-state index contributed by atoms with van der Waals surface area (Å²) in [7, 11) is 0. The summed E-state index contributed by atoms with van der Waals surface area (Å²) in [5, 5.41) is 0.446. The molecule has 2 aromatic rings. The van der Waals surface area contributed by atoms with Crippen LogP contribution in [0.2, 0.25) is 5.02 Å². The third-order valence-electron chi connectivity index (χ3n) is 3.91. The van der Waals surface area contributed by atoms with E-state index in [2.05, 4.69) is 0 Å². The van der Waals surface area contributed by atoms with Crippen molar-refractivity contribution in [3.05, 3.63) is 58.5 Å². The van der Waals surface area contributed by atoms with E-state index in [9.17, 15) is 9.59 Å². The fourth-order valence-corrected chi connectivity index (χ4v) is 2.84. The van der Waals surface area contributed by atoms with Crippen LogP contribution in [0.25, 0.3) is 0 Å². The van der Waals surface area contributed by atoms with Crippen LogP contribution in [0.5, 0.6) is 0 Å². The van der Waals surface area contributed by atoms with Crippen LogP contribution in [0.4, 0.5) is 0 Å². The number of halogens is 1. The van der Waals surface area contributed by atoms with Crippen molar-refractivity contribution in [2.45, 2.75) is 6.92 Å². The van der Waals surface area contributed by atoms with E-state index in [1.807, 2.05) is 0 Å². The second-order valence-corrected chi connectivity index (χ2v) is 5.88. The van der Waals surface area contributed by atoms with Crippen molar-refractivity contribution in [1.82, 2.24) is 9.80 Å². The fourth-order valence-electron chi connectivity index (χ4n) is 2.62. The quantitative estimate of drug-likeness (QED) is 0.849. The minimum Gasteiger partial charge on any atom is -0.456 e. The van der Waals surface area contributed by atoms with Gasteiger partial charge in [0.05, 0.1) is 10.6 Å². The van der Waals surface area contributed by atoms with Gasteiger partial charge >= 0.3 is 0 Å². The predicted octanol–water partition coefficient (Wildman–Crippen LogP) is 2.84. The Labute approximate surface area is 139 Å². The number of aryl methyl sites for hydroxylation is 1. The number of rotatable bonds is 2. The first-order valence-corrected chi connectivity index (χ1v) is 7.83. The summed E-state index contributed by atoms with van der Waals surface area (Å²) in [6, 6.07) is 10.4. The van der Waals surface area contributed by atoms with Crippen LogP contribution >= 0.6 is 11.6 Å².